The molecule has 0 aromatic carbocycles. The van der Waals surface area contributed by atoms with Gasteiger partial charge in [-0.05, 0) is 38.0 Å². The van der Waals surface area contributed by atoms with E-state index in [-0.39, 0.29) is 11.8 Å². The lowest BCUT2D eigenvalue weighted by Gasteiger charge is -2.22. The van der Waals surface area contributed by atoms with E-state index in [0.717, 1.165) is 24.8 Å². The third kappa shape index (κ3) is 5.53. The minimum Gasteiger partial charge on any atom is -0.355 e. The maximum atomic E-state index is 12.2. The Balaban J connectivity index is 2.44. The van der Waals surface area contributed by atoms with Gasteiger partial charge in [0.05, 0.1) is 0 Å². The average Bonchev–Trinajstić information content (AvgIpc) is 2.49. The number of unbranched alkanes of at least 4 members (excludes halogenated alkanes) is 2. The Morgan fingerprint density at radius 3 is 2.33 bits per heavy atom. The van der Waals surface area contributed by atoms with Crippen LogP contribution < -0.4 is 10.6 Å². The van der Waals surface area contributed by atoms with Crippen molar-refractivity contribution in [3.05, 3.63) is 30.1 Å². The number of nitrogens with zero attached hydrogens (tertiary/aromatic N) is 1. The summed E-state index contributed by atoms with van der Waals surface area (Å²) in [4.78, 5) is 28.2. The van der Waals surface area contributed by atoms with Gasteiger partial charge in [0.1, 0.15) is 5.41 Å². The molecule has 0 spiro atoms. The van der Waals surface area contributed by atoms with Crippen LogP contribution in [-0.4, -0.2) is 23.3 Å². The van der Waals surface area contributed by atoms with Crippen molar-refractivity contribution in [3.8, 4) is 0 Å². The Bertz CT molecular complexity index is 458. The van der Waals surface area contributed by atoms with E-state index in [1.54, 1.807) is 26.2 Å². The molecule has 21 heavy (non-hydrogen) atoms. The fraction of sp³-hybridized carbons (Fsp3) is 0.562. The SMILES string of the molecule is CCCCCNC(=O)C(C)(C)C(=O)NCc1ccncc1. The summed E-state index contributed by atoms with van der Waals surface area (Å²) in [5.74, 6) is -0.502. The van der Waals surface area contributed by atoms with Crippen molar-refractivity contribution in [1.29, 1.82) is 0 Å². The zero-order chi connectivity index (χ0) is 15.7. The lowest BCUT2D eigenvalue weighted by Crippen LogP contribution is -2.47. The van der Waals surface area contributed by atoms with Crippen LogP contribution in [0.1, 0.15) is 45.6 Å². The first-order valence-corrected chi connectivity index (χ1v) is 7.44. The van der Waals surface area contributed by atoms with Crippen molar-refractivity contribution < 1.29 is 9.59 Å². The molecule has 5 heteroatoms. The van der Waals surface area contributed by atoms with Crippen molar-refractivity contribution in [3.63, 3.8) is 0 Å². The van der Waals surface area contributed by atoms with E-state index in [2.05, 4.69) is 22.5 Å². The Morgan fingerprint density at radius 2 is 1.71 bits per heavy atom. The van der Waals surface area contributed by atoms with Gasteiger partial charge in [-0.3, -0.25) is 14.6 Å². The van der Waals surface area contributed by atoms with E-state index in [1.165, 1.54) is 0 Å². The third-order valence-corrected chi connectivity index (χ3v) is 3.40. The summed E-state index contributed by atoms with van der Waals surface area (Å²) < 4.78 is 0. The molecule has 1 rings (SSSR count). The van der Waals surface area contributed by atoms with Crippen LogP contribution in [0.2, 0.25) is 0 Å². The maximum absolute atomic E-state index is 12.2. The summed E-state index contributed by atoms with van der Waals surface area (Å²) in [6.45, 7) is 6.41. The first kappa shape index (κ1) is 17.1. The molecule has 1 aromatic heterocycles. The van der Waals surface area contributed by atoms with Gasteiger partial charge in [0.2, 0.25) is 11.8 Å². The van der Waals surface area contributed by atoms with Crippen LogP contribution in [-0.2, 0) is 16.1 Å². The maximum Gasteiger partial charge on any atom is 0.235 e. The standard InChI is InChI=1S/C16H25N3O2/c1-4-5-6-9-18-14(20)16(2,3)15(21)19-12-13-7-10-17-11-8-13/h7-8,10-11H,4-6,9,12H2,1-3H3,(H,18,20)(H,19,21). The van der Waals surface area contributed by atoms with Gasteiger partial charge in [-0.25, -0.2) is 0 Å². The van der Waals surface area contributed by atoms with Crippen LogP contribution in [0.3, 0.4) is 0 Å². The van der Waals surface area contributed by atoms with Gasteiger partial charge < -0.3 is 10.6 Å². The highest BCUT2D eigenvalue weighted by molar-refractivity contribution is 6.04. The first-order chi connectivity index (χ1) is 9.98. The van der Waals surface area contributed by atoms with Crippen LogP contribution in [0.5, 0.6) is 0 Å². The lowest BCUT2D eigenvalue weighted by atomic mass is 9.91. The zero-order valence-electron chi connectivity index (χ0n) is 13.1. The van der Waals surface area contributed by atoms with Gasteiger partial charge >= 0.3 is 0 Å². The average molecular weight is 291 g/mol. The number of nitrogens with one attached hydrogen (secondary N) is 2. The van der Waals surface area contributed by atoms with Crippen LogP contribution in [0.4, 0.5) is 0 Å². The Labute approximate surface area is 126 Å². The normalized spacial score (nSPS) is 11.0. The van der Waals surface area contributed by atoms with E-state index in [9.17, 15) is 9.59 Å². The van der Waals surface area contributed by atoms with Gasteiger partial charge in [0, 0.05) is 25.5 Å². The predicted octanol–water partition coefficient (Wildman–Crippen LogP) is 2.03. The van der Waals surface area contributed by atoms with E-state index >= 15 is 0 Å². The summed E-state index contributed by atoms with van der Waals surface area (Å²) in [6, 6.07) is 3.66. The zero-order valence-corrected chi connectivity index (χ0v) is 13.1. The van der Waals surface area contributed by atoms with Gasteiger partial charge in [-0.1, -0.05) is 19.8 Å². The molecule has 0 aliphatic carbocycles. The van der Waals surface area contributed by atoms with Crippen molar-refractivity contribution in [2.75, 3.05) is 6.54 Å². The molecule has 0 bridgehead atoms. The van der Waals surface area contributed by atoms with Crippen molar-refractivity contribution in [1.82, 2.24) is 15.6 Å². The summed E-state index contributed by atoms with van der Waals surface area (Å²) in [5, 5.41) is 5.62. The minimum absolute atomic E-state index is 0.231. The summed E-state index contributed by atoms with van der Waals surface area (Å²) in [6.07, 6.45) is 6.47. The number of carbonyl (C=O) groups is 2. The van der Waals surface area contributed by atoms with Gasteiger partial charge in [-0.15, -0.1) is 0 Å². The Hall–Kier alpha value is -1.91. The Morgan fingerprint density at radius 1 is 1.10 bits per heavy atom. The second kappa shape index (κ2) is 8.39. The molecule has 0 aliphatic heterocycles. The van der Waals surface area contributed by atoms with Gasteiger partial charge in [0.15, 0.2) is 0 Å². The number of pyridine rings is 1. The van der Waals surface area contributed by atoms with Crippen LogP contribution >= 0.6 is 0 Å². The number of hydrogen-bond acceptors (Lipinski definition) is 3. The smallest absolute Gasteiger partial charge is 0.235 e. The topological polar surface area (TPSA) is 71.1 Å². The van der Waals surface area contributed by atoms with Crippen LogP contribution in [0, 0.1) is 5.41 Å². The summed E-state index contributed by atoms with van der Waals surface area (Å²) in [7, 11) is 0. The molecule has 116 valence electrons. The minimum atomic E-state index is -1.07. The van der Waals surface area contributed by atoms with E-state index in [0.29, 0.717) is 13.1 Å². The third-order valence-electron chi connectivity index (χ3n) is 3.40. The largest absolute Gasteiger partial charge is 0.355 e. The van der Waals surface area contributed by atoms with E-state index in [1.807, 2.05) is 12.1 Å². The molecule has 0 radical (unpaired) electrons. The summed E-state index contributed by atoms with van der Waals surface area (Å²) in [5.41, 5.74) is -0.114. The van der Waals surface area contributed by atoms with E-state index < -0.39 is 5.41 Å². The highest BCUT2D eigenvalue weighted by Gasteiger charge is 2.35. The van der Waals surface area contributed by atoms with Crippen molar-refractivity contribution >= 4 is 11.8 Å². The van der Waals surface area contributed by atoms with Crippen molar-refractivity contribution in [2.24, 2.45) is 5.41 Å². The molecular formula is C16H25N3O2. The molecule has 1 aromatic rings. The highest BCUT2D eigenvalue weighted by Crippen LogP contribution is 2.15. The second-order valence-electron chi connectivity index (χ2n) is 5.63. The fourth-order valence-corrected chi connectivity index (χ4v) is 1.80. The molecule has 2 amide bonds. The van der Waals surface area contributed by atoms with Crippen LogP contribution in [0.25, 0.3) is 0 Å². The second-order valence-corrected chi connectivity index (χ2v) is 5.63. The molecule has 2 N–H and O–H groups in total. The van der Waals surface area contributed by atoms with Gasteiger partial charge in [-0.2, -0.15) is 0 Å². The predicted molar refractivity (Wildman–Crippen MR) is 82.4 cm³/mol. The summed E-state index contributed by atoms with van der Waals surface area (Å²) >= 11 is 0. The van der Waals surface area contributed by atoms with Crippen LogP contribution in [0.15, 0.2) is 24.5 Å². The number of carbonyl (C=O) groups excluding carboxylic acids is 2. The number of amides is 2. The number of aromatic nitrogens is 1. The highest BCUT2D eigenvalue weighted by atomic mass is 16.2. The number of hydrogen-bond donors (Lipinski definition) is 2. The monoisotopic (exact) mass is 291 g/mol. The molecule has 0 aliphatic rings. The molecule has 5 nitrogen and oxygen atoms in total. The molecule has 0 saturated heterocycles. The Kier molecular flexibility index (Phi) is 6.85. The molecular weight excluding hydrogens is 266 g/mol. The van der Waals surface area contributed by atoms with Crippen molar-refractivity contribution in [2.45, 2.75) is 46.6 Å². The molecule has 0 unspecified atom stereocenters. The lowest BCUT2D eigenvalue weighted by molar-refractivity contribution is -0.141. The fourth-order valence-electron chi connectivity index (χ4n) is 1.80. The van der Waals surface area contributed by atoms with E-state index in [4.69, 9.17) is 0 Å². The van der Waals surface area contributed by atoms with Gasteiger partial charge in [0.25, 0.3) is 0 Å². The number of rotatable bonds is 8. The quantitative estimate of drug-likeness (QED) is 0.568. The molecule has 1 heterocycles. The molecule has 0 saturated carbocycles. The molecule has 0 fully saturated rings. The molecule has 0 atom stereocenters. The first-order valence-electron chi connectivity index (χ1n) is 7.44.